The van der Waals surface area contributed by atoms with Crippen molar-refractivity contribution in [3.63, 3.8) is 0 Å². The molecule has 0 aromatic heterocycles. The normalized spacial score (nSPS) is 23.1. The van der Waals surface area contributed by atoms with Crippen LogP contribution in [0.5, 0.6) is 0 Å². The Hall–Kier alpha value is -1.10. The highest BCUT2D eigenvalue weighted by Crippen LogP contribution is 2.12. The smallest absolute Gasteiger partial charge is 0.326 e. The Morgan fingerprint density at radius 2 is 2.36 bits per heavy atom. The summed E-state index contributed by atoms with van der Waals surface area (Å²) in [4.78, 5) is 22.0. The molecule has 0 spiro atoms. The van der Waals surface area contributed by atoms with Crippen molar-refractivity contribution in [3.05, 3.63) is 0 Å². The van der Waals surface area contributed by atoms with Crippen LogP contribution in [-0.2, 0) is 14.3 Å². The molecule has 1 heterocycles. The number of carboxylic acids is 1. The molecule has 0 aromatic rings. The fraction of sp³-hybridized carbons (Fsp3) is 0.778. The summed E-state index contributed by atoms with van der Waals surface area (Å²) in [5.74, 6) is -1.31. The van der Waals surface area contributed by atoms with E-state index in [1.165, 1.54) is 0 Å². The number of nitrogens with one attached hydrogen (secondary N) is 1. The minimum absolute atomic E-state index is 0.309. The maximum Gasteiger partial charge on any atom is 0.326 e. The minimum Gasteiger partial charge on any atom is -0.480 e. The number of rotatable bonds is 4. The first-order chi connectivity index (χ1) is 6.65. The molecule has 0 aromatic carbocycles. The average molecular weight is 201 g/mol. The van der Waals surface area contributed by atoms with Gasteiger partial charge in [0.15, 0.2) is 0 Å². The molecule has 1 fully saturated rings. The Kier molecular flexibility index (Phi) is 3.88. The number of amides is 1. The number of carbonyl (C=O) groups excluding carboxylic acids is 1. The zero-order valence-corrected chi connectivity index (χ0v) is 8.16. The van der Waals surface area contributed by atoms with Crippen LogP contribution in [0.3, 0.4) is 0 Å². The van der Waals surface area contributed by atoms with Crippen LogP contribution in [0.2, 0.25) is 0 Å². The highest BCUT2D eigenvalue weighted by molar-refractivity contribution is 5.86. The lowest BCUT2D eigenvalue weighted by atomic mass is 10.2. The van der Waals surface area contributed by atoms with Crippen molar-refractivity contribution in [2.75, 3.05) is 6.61 Å². The van der Waals surface area contributed by atoms with Crippen LogP contribution in [0.4, 0.5) is 0 Å². The summed E-state index contributed by atoms with van der Waals surface area (Å²) in [6.07, 6.45) is 1.47. The zero-order chi connectivity index (χ0) is 10.6. The molecule has 0 radical (unpaired) electrons. The molecule has 5 nitrogen and oxygen atoms in total. The van der Waals surface area contributed by atoms with Crippen molar-refractivity contribution in [2.45, 2.75) is 38.3 Å². The highest BCUT2D eigenvalue weighted by Gasteiger charge is 2.27. The summed E-state index contributed by atoms with van der Waals surface area (Å²) >= 11 is 0. The number of carboxylic acid groups (broad SMARTS) is 1. The molecule has 1 saturated heterocycles. The Morgan fingerprint density at radius 3 is 2.79 bits per heavy atom. The predicted octanol–water partition coefficient (Wildman–Crippen LogP) is 0.145. The molecule has 5 heteroatoms. The lowest BCUT2D eigenvalue weighted by Gasteiger charge is -2.15. The van der Waals surface area contributed by atoms with Gasteiger partial charge in [-0.3, -0.25) is 4.79 Å². The van der Waals surface area contributed by atoms with E-state index in [-0.39, 0.29) is 5.91 Å². The van der Waals surface area contributed by atoms with Crippen LogP contribution in [0.1, 0.15) is 26.2 Å². The van der Waals surface area contributed by atoms with Crippen LogP contribution in [0.25, 0.3) is 0 Å². The first kappa shape index (κ1) is 11.0. The number of ether oxygens (including phenoxy) is 1. The Balaban J connectivity index is 2.41. The maximum absolute atomic E-state index is 11.4. The van der Waals surface area contributed by atoms with Crippen LogP contribution >= 0.6 is 0 Å². The van der Waals surface area contributed by atoms with Crippen LogP contribution < -0.4 is 5.32 Å². The van der Waals surface area contributed by atoms with E-state index in [2.05, 4.69) is 5.32 Å². The molecule has 0 aliphatic carbocycles. The standard InChI is InChI=1S/C9H15NO4/c1-2-6(9(12)13)10-8(11)7-4-3-5-14-7/h6-7H,2-5H2,1H3,(H,10,11)(H,12,13)/t6-,7?/m1/s1. The van der Waals surface area contributed by atoms with Gasteiger partial charge in [-0.1, -0.05) is 6.92 Å². The third-order valence-electron chi connectivity index (χ3n) is 2.24. The van der Waals surface area contributed by atoms with Crippen molar-refractivity contribution in [1.82, 2.24) is 5.32 Å². The van der Waals surface area contributed by atoms with Crippen molar-refractivity contribution in [3.8, 4) is 0 Å². The number of hydrogen-bond acceptors (Lipinski definition) is 3. The minimum atomic E-state index is -1.00. The Bertz CT molecular complexity index is 223. The van der Waals surface area contributed by atoms with Gasteiger partial charge in [-0.25, -0.2) is 4.79 Å². The van der Waals surface area contributed by atoms with Crippen molar-refractivity contribution >= 4 is 11.9 Å². The van der Waals surface area contributed by atoms with Crippen LogP contribution in [0, 0.1) is 0 Å². The van der Waals surface area contributed by atoms with Gasteiger partial charge in [-0.2, -0.15) is 0 Å². The summed E-state index contributed by atoms with van der Waals surface area (Å²) < 4.78 is 5.13. The summed E-state index contributed by atoms with van der Waals surface area (Å²) in [6.45, 7) is 2.30. The van der Waals surface area contributed by atoms with Gasteiger partial charge in [-0.15, -0.1) is 0 Å². The summed E-state index contributed by atoms with van der Waals surface area (Å²) in [6, 6.07) is -0.799. The van der Waals surface area contributed by atoms with E-state index in [4.69, 9.17) is 9.84 Å². The fourth-order valence-corrected chi connectivity index (χ4v) is 1.39. The van der Waals surface area contributed by atoms with Gasteiger partial charge in [0, 0.05) is 6.61 Å². The molecule has 1 unspecified atom stereocenters. The molecule has 1 rings (SSSR count). The molecule has 1 aliphatic heterocycles. The molecule has 1 amide bonds. The third kappa shape index (κ3) is 2.70. The van der Waals surface area contributed by atoms with E-state index >= 15 is 0 Å². The average Bonchev–Trinajstić information content (AvgIpc) is 2.65. The van der Waals surface area contributed by atoms with E-state index in [9.17, 15) is 9.59 Å². The van der Waals surface area contributed by atoms with Crippen molar-refractivity contribution < 1.29 is 19.4 Å². The molecular weight excluding hydrogens is 186 g/mol. The largest absolute Gasteiger partial charge is 0.480 e. The highest BCUT2D eigenvalue weighted by atomic mass is 16.5. The van der Waals surface area contributed by atoms with Gasteiger partial charge in [0.1, 0.15) is 12.1 Å². The fourth-order valence-electron chi connectivity index (χ4n) is 1.39. The van der Waals surface area contributed by atoms with E-state index in [1.54, 1.807) is 6.92 Å². The third-order valence-corrected chi connectivity index (χ3v) is 2.24. The molecule has 0 bridgehead atoms. The molecule has 80 valence electrons. The van der Waals surface area contributed by atoms with E-state index in [0.717, 1.165) is 6.42 Å². The Labute approximate surface area is 82.4 Å². The summed E-state index contributed by atoms with van der Waals surface area (Å²) in [5, 5.41) is 11.2. The van der Waals surface area contributed by atoms with E-state index in [1.807, 2.05) is 0 Å². The SMILES string of the molecule is CC[C@@H](NC(=O)C1CCCO1)C(=O)O. The first-order valence-corrected chi connectivity index (χ1v) is 4.80. The number of hydrogen-bond donors (Lipinski definition) is 2. The summed E-state index contributed by atoms with van der Waals surface area (Å²) in [5.41, 5.74) is 0. The molecule has 2 atom stereocenters. The zero-order valence-electron chi connectivity index (χ0n) is 8.16. The monoisotopic (exact) mass is 201 g/mol. The second kappa shape index (κ2) is 4.95. The molecule has 14 heavy (non-hydrogen) atoms. The lowest BCUT2D eigenvalue weighted by molar-refractivity contribution is -0.143. The first-order valence-electron chi connectivity index (χ1n) is 4.80. The van der Waals surface area contributed by atoms with Crippen molar-refractivity contribution in [2.24, 2.45) is 0 Å². The lowest BCUT2D eigenvalue weighted by Crippen LogP contribution is -2.44. The second-order valence-electron chi connectivity index (χ2n) is 3.31. The molecular formula is C9H15NO4. The van der Waals surface area contributed by atoms with Crippen LogP contribution in [0.15, 0.2) is 0 Å². The quantitative estimate of drug-likeness (QED) is 0.678. The van der Waals surface area contributed by atoms with Gasteiger partial charge in [0.2, 0.25) is 5.91 Å². The Morgan fingerprint density at radius 1 is 1.64 bits per heavy atom. The number of aliphatic carboxylic acids is 1. The van der Waals surface area contributed by atoms with Gasteiger partial charge in [-0.05, 0) is 19.3 Å². The molecule has 0 saturated carbocycles. The van der Waals surface area contributed by atoms with Crippen molar-refractivity contribution in [1.29, 1.82) is 0 Å². The molecule has 2 N–H and O–H groups in total. The van der Waals surface area contributed by atoms with Gasteiger partial charge < -0.3 is 15.2 Å². The maximum atomic E-state index is 11.4. The van der Waals surface area contributed by atoms with Gasteiger partial charge in [0.05, 0.1) is 0 Å². The van der Waals surface area contributed by atoms with E-state index < -0.39 is 18.1 Å². The topological polar surface area (TPSA) is 75.6 Å². The molecule has 1 aliphatic rings. The van der Waals surface area contributed by atoms with Crippen LogP contribution in [-0.4, -0.2) is 35.7 Å². The summed E-state index contributed by atoms with van der Waals surface area (Å²) in [7, 11) is 0. The van der Waals surface area contributed by atoms with Gasteiger partial charge in [0.25, 0.3) is 0 Å². The van der Waals surface area contributed by atoms with Gasteiger partial charge >= 0.3 is 5.97 Å². The number of carbonyl (C=O) groups is 2. The predicted molar refractivity (Wildman–Crippen MR) is 48.8 cm³/mol. The second-order valence-corrected chi connectivity index (χ2v) is 3.31. The van der Waals surface area contributed by atoms with E-state index in [0.29, 0.717) is 19.4 Å².